The maximum Gasteiger partial charge on any atom is 0.101 e. The Kier molecular flexibility index (Phi) is 2.65. The second-order valence-electron chi connectivity index (χ2n) is 2.46. The molecule has 4 heteroatoms. The number of nitrogens with two attached hydrogens (primary N) is 1. The van der Waals surface area contributed by atoms with Gasteiger partial charge in [0, 0.05) is 15.4 Å². The highest BCUT2D eigenvalue weighted by Crippen LogP contribution is 2.20. The number of aromatic amines is 1. The largest absolute Gasteiger partial charge is 0.385 e. The molecule has 0 spiro atoms. The summed E-state index contributed by atoms with van der Waals surface area (Å²) in [5.74, 6) is 0.707. The minimum atomic E-state index is 0. The Balaban J connectivity index is 0.000000720. The van der Waals surface area contributed by atoms with Crippen molar-refractivity contribution in [2.75, 3.05) is 5.73 Å². The van der Waals surface area contributed by atoms with Gasteiger partial charge < -0.3 is 10.7 Å². The van der Waals surface area contributed by atoms with Gasteiger partial charge in [-0.05, 0) is 24.3 Å². The number of anilines is 1. The van der Waals surface area contributed by atoms with Gasteiger partial charge in [0.25, 0.3) is 0 Å². The summed E-state index contributed by atoms with van der Waals surface area (Å²) in [6.07, 6.45) is 0. The summed E-state index contributed by atoms with van der Waals surface area (Å²) in [5.41, 5.74) is 6.64. The van der Waals surface area contributed by atoms with Gasteiger partial charge in [0.2, 0.25) is 0 Å². The molecule has 0 saturated heterocycles. The normalized spacial score (nSPS) is 9.75. The number of hydrogen-bond donors (Lipinski definition) is 2. The molecule has 0 bridgehead atoms. The van der Waals surface area contributed by atoms with Crippen LogP contribution in [0.5, 0.6) is 0 Å². The molecule has 0 atom stereocenters. The minimum absolute atomic E-state index is 0. The second-order valence-corrected chi connectivity index (χ2v) is 3.37. The Morgan fingerprint density at radius 3 is 2.75 bits per heavy atom. The van der Waals surface area contributed by atoms with Crippen LogP contribution in [0.1, 0.15) is 0 Å². The third kappa shape index (κ3) is 1.57. The number of H-pyrrole nitrogens is 1. The van der Waals surface area contributed by atoms with Crippen LogP contribution in [-0.4, -0.2) is 4.98 Å². The molecule has 12 heavy (non-hydrogen) atoms. The summed E-state index contributed by atoms with van der Waals surface area (Å²) in [6, 6.07) is 7.93. The fraction of sp³-hybridized carbons (Fsp3) is 0. The van der Waals surface area contributed by atoms with Crippen LogP contribution in [0.3, 0.4) is 0 Å². The van der Waals surface area contributed by atoms with E-state index in [4.69, 9.17) is 5.73 Å². The lowest BCUT2D eigenvalue weighted by Crippen LogP contribution is -1.80. The van der Waals surface area contributed by atoms with E-state index < -0.39 is 0 Å². The molecule has 0 aliphatic rings. The van der Waals surface area contributed by atoms with Crippen molar-refractivity contribution in [3.05, 3.63) is 28.7 Å². The highest BCUT2D eigenvalue weighted by atomic mass is 79.9. The van der Waals surface area contributed by atoms with Crippen molar-refractivity contribution in [2.45, 2.75) is 0 Å². The van der Waals surface area contributed by atoms with Gasteiger partial charge in [-0.2, -0.15) is 0 Å². The van der Waals surface area contributed by atoms with E-state index in [1.165, 1.54) is 0 Å². The number of nitrogens with one attached hydrogen (secondary N) is 1. The molecule has 0 radical (unpaired) electrons. The van der Waals surface area contributed by atoms with Crippen molar-refractivity contribution in [2.24, 2.45) is 0 Å². The molecule has 64 valence electrons. The molecular formula is C8H8BrClN2. The molecule has 3 N–H and O–H groups in total. The molecule has 0 fully saturated rings. The first kappa shape index (κ1) is 9.42. The summed E-state index contributed by atoms with van der Waals surface area (Å²) >= 11 is 3.39. The zero-order chi connectivity index (χ0) is 7.84. The molecular weight excluding hydrogens is 239 g/mol. The maximum atomic E-state index is 5.57. The van der Waals surface area contributed by atoms with E-state index >= 15 is 0 Å². The SMILES string of the molecule is Cl.Nc1cc2cc(Br)ccc2[nH]1. The molecule has 1 aromatic carbocycles. The Hall–Kier alpha value is -0.670. The van der Waals surface area contributed by atoms with Gasteiger partial charge in [-0.15, -0.1) is 12.4 Å². The minimum Gasteiger partial charge on any atom is -0.385 e. The predicted octanol–water partition coefficient (Wildman–Crippen LogP) is 2.93. The average molecular weight is 248 g/mol. The van der Waals surface area contributed by atoms with Gasteiger partial charge in [0.15, 0.2) is 0 Å². The molecule has 2 aromatic rings. The number of benzene rings is 1. The van der Waals surface area contributed by atoms with Crippen molar-refractivity contribution in [3.8, 4) is 0 Å². The summed E-state index contributed by atoms with van der Waals surface area (Å²) < 4.78 is 1.07. The summed E-state index contributed by atoms with van der Waals surface area (Å²) in [7, 11) is 0. The fourth-order valence-corrected chi connectivity index (χ4v) is 1.50. The molecule has 1 heterocycles. The lowest BCUT2D eigenvalue weighted by atomic mass is 10.2. The molecule has 0 aliphatic carbocycles. The second kappa shape index (κ2) is 3.37. The molecule has 2 nitrogen and oxygen atoms in total. The van der Waals surface area contributed by atoms with E-state index in [0.717, 1.165) is 15.4 Å². The van der Waals surface area contributed by atoms with Crippen molar-refractivity contribution in [1.82, 2.24) is 4.98 Å². The van der Waals surface area contributed by atoms with E-state index in [2.05, 4.69) is 20.9 Å². The Morgan fingerprint density at radius 1 is 1.25 bits per heavy atom. The number of hydrogen-bond acceptors (Lipinski definition) is 1. The summed E-state index contributed by atoms with van der Waals surface area (Å²) in [6.45, 7) is 0. The fourth-order valence-electron chi connectivity index (χ4n) is 1.13. The molecule has 1 aromatic heterocycles. The predicted molar refractivity (Wildman–Crippen MR) is 57.7 cm³/mol. The van der Waals surface area contributed by atoms with Gasteiger partial charge in [-0.1, -0.05) is 15.9 Å². The quantitative estimate of drug-likeness (QED) is 0.738. The van der Waals surface area contributed by atoms with Gasteiger partial charge in [-0.25, -0.2) is 0 Å². The van der Waals surface area contributed by atoms with Crippen LogP contribution in [0, 0.1) is 0 Å². The molecule has 0 saturated carbocycles. The van der Waals surface area contributed by atoms with E-state index in [-0.39, 0.29) is 12.4 Å². The van der Waals surface area contributed by atoms with Crippen molar-refractivity contribution >= 4 is 45.1 Å². The van der Waals surface area contributed by atoms with Gasteiger partial charge >= 0.3 is 0 Å². The number of rotatable bonds is 0. The lowest BCUT2D eigenvalue weighted by molar-refractivity contribution is 1.47. The van der Waals surface area contributed by atoms with Crippen LogP contribution in [0.15, 0.2) is 28.7 Å². The Morgan fingerprint density at radius 2 is 2.00 bits per heavy atom. The van der Waals surface area contributed by atoms with Crippen LogP contribution < -0.4 is 5.73 Å². The number of halogens is 2. The standard InChI is InChI=1S/C8H7BrN2.ClH/c9-6-1-2-7-5(3-6)4-8(10)11-7;/h1-4,11H,10H2;1H. The molecule has 0 amide bonds. The molecule has 2 rings (SSSR count). The average Bonchev–Trinajstić information content (AvgIpc) is 2.27. The monoisotopic (exact) mass is 246 g/mol. The van der Waals surface area contributed by atoms with Crippen molar-refractivity contribution in [1.29, 1.82) is 0 Å². The zero-order valence-electron chi connectivity index (χ0n) is 6.17. The van der Waals surface area contributed by atoms with Crippen LogP contribution in [0.2, 0.25) is 0 Å². The van der Waals surface area contributed by atoms with Gasteiger partial charge in [-0.3, -0.25) is 0 Å². The van der Waals surface area contributed by atoms with Gasteiger partial charge in [0.1, 0.15) is 5.82 Å². The van der Waals surface area contributed by atoms with Crippen LogP contribution >= 0.6 is 28.3 Å². The lowest BCUT2D eigenvalue weighted by Gasteiger charge is -1.88. The highest BCUT2D eigenvalue weighted by molar-refractivity contribution is 9.10. The topological polar surface area (TPSA) is 41.8 Å². The summed E-state index contributed by atoms with van der Waals surface area (Å²) in [4.78, 5) is 3.04. The Labute approximate surface area is 84.7 Å². The van der Waals surface area contributed by atoms with E-state index in [9.17, 15) is 0 Å². The van der Waals surface area contributed by atoms with Crippen LogP contribution in [0.4, 0.5) is 5.82 Å². The number of aromatic nitrogens is 1. The van der Waals surface area contributed by atoms with Crippen molar-refractivity contribution < 1.29 is 0 Å². The van der Waals surface area contributed by atoms with Crippen LogP contribution in [0.25, 0.3) is 10.9 Å². The van der Waals surface area contributed by atoms with E-state index in [0.29, 0.717) is 5.82 Å². The number of nitrogen functional groups attached to an aromatic ring is 1. The zero-order valence-corrected chi connectivity index (χ0v) is 8.58. The third-order valence-corrected chi connectivity index (χ3v) is 2.10. The van der Waals surface area contributed by atoms with Crippen LogP contribution in [-0.2, 0) is 0 Å². The van der Waals surface area contributed by atoms with Crippen molar-refractivity contribution in [3.63, 3.8) is 0 Å². The van der Waals surface area contributed by atoms with Gasteiger partial charge in [0.05, 0.1) is 0 Å². The molecule has 0 aliphatic heterocycles. The maximum absolute atomic E-state index is 5.57. The first-order valence-electron chi connectivity index (χ1n) is 3.29. The number of fused-ring (bicyclic) bond motifs is 1. The van der Waals surface area contributed by atoms with E-state index in [1.807, 2.05) is 24.3 Å². The smallest absolute Gasteiger partial charge is 0.101 e. The first-order chi connectivity index (χ1) is 5.25. The Bertz CT molecular complexity index is 397. The summed E-state index contributed by atoms with van der Waals surface area (Å²) in [5, 5.41) is 1.14. The highest BCUT2D eigenvalue weighted by Gasteiger charge is 1.96. The first-order valence-corrected chi connectivity index (χ1v) is 4.09. The third-order valence-electron chi connectivity index (χ3n) is 1.60. The molecule has 0 unspecified atom stereocenters. The van der Waals surface area contributed by atoms with E-state index in [1.54, 1.807) is 0 Å².